The molecular formula is C16H22N2OS. The van der Waals surface area contributed by atoms with Gasteiger partial charge in [-0.2, -0.15) is 0 Å². The molecule has 1 heterocycles. The molecule has 108 valence electrons. The zero-order chi connectivity index (χ0) is 14.4. The molecule has 2 aromatic rings. The first-order chi connectivity index (χ1) is 9.69. The lowest BCUT2D eigenvalue weighted by Gasteiger charge is -2.15. The zero-order valence-corrected chi connectivity index (χ0v) is 13.1. The SMILES string of the molecule is CCC(NCc1ccc(OC(C)C)cc1)c1nccs1. The number of rotatable bonds is 7. The summed E-state index contributed by atoms with van der Waals surface area (Å²) in [4.78, 5) is 4.38. The van der Waals surface area contributed by atoms with E-state index in [4.69, 9.17) is 4.74 Å². The Kier molecular flexibility index (Phi) is 5.56. The number of ether oxygens (including phenoxy) is 1. The zero-order valence-electron chi connectivity index (χ0n) is 12.3. The Morgan fingerprint density at radius 3 is 2.55 bits per heavy atom. The van der Waals surface area contributed by atoms with Crippen molar-refractivity contribution < 1.29 is 4.74 Å². The second-order valence-electron chi connectivity index (χ2n) is 5.02. The van der Waals surface area contributed by atoms with Crippen molar-refractivity contribution in [2.45, 2.75) is 45.9 Å². The predicted molar refractivity (Wildman–Crippen MR) is 84.2 cm³/mol. The molecule has 4 heteroatoms. The quantitative estimate of drug-likeness (QED) is 0.831. The predicted octanol–water partition coefficient (Wildman–Crippen LogP) is 4.17. The summed E-state index contributed by atoms with van der Waals surface area (Å²) in [7, 11) is 0. The van der Waals surface area contributed by atoms with E-state index in [-0.39, 0.29) is 6.10 Å². The molecule has 0 spiro atoms. The van der Waals surface area contributed by atoms with Gasteiger partial charge in [0.05, 0.1) is 12.1 Å². The van der Waals surface area contributed by atoms with Gasteiger partial charge >= 0.3 is 0 Å². The molecule has 0 saturated heterocycles. The van der Waals surface area contributed by atoms with E-state index in [2.05, 4.69) is 29.4 Å². The molecule has 20 heavy (non-hydrogen) atoms. The molecule has 2 rings (SSSR count). The molecule has 0 amide bonds. The molecule has 1 unspecified atom stereocenters. The summed E-state index contributed by atoms with van der Waals surface area (Å²) in [5.41, 5.74) is 1.26. The second kappa shape index (κ2) is 7.41. The minimum atomic E-state index is 0.216. The van der Waals surface area contributed by atoms with Gasteiger partial charge in [-0.25, -0.2) is 4.98 Å². The van der Waals surface area contributed by atoms with E-state index >= 15 is 0 Å². The Hall–Kier alpha value is -1.39. The maximum absolute atomic E-state index is 5.65. The van der Waals surface area contributed by atoms with Crippen LogP contribution in [0.15, 0.2) is 35.8 Å². The van der Waals surface area contributed by atoms with Crippen LogP contribution in [-0.4, -0.2) is 11.1 Å². The van der Waals surface area contributed by atoms with Gasteiger partial charge in [-0.15, -0.1) is 11.3 Å². The van der Waals surface area contributed by atoms with Crippen molar-refractivity contribution in [2.75, 3.05) is 0 Å². The van der Waals surface area contributed by atoms with E-state index in [0.29, 0.717) is 6.04 Å². The highest BCUT2D eigenvalue weighted by atomic mass is 32.1. The lowest BCUT2D eigenvalue weighted by molar-refractivity contribution is 0.242. The molecule has 1 aromatic carbocycles. The highest BCUT2D eigenvalue weighted by molar-refractivity contribution is 7.09. The van der Waals surface area contributed by atoms with Crippen molar-refractivity contribution in [3.8, 4) is 5.75 Å². The van der Waals surface area contributed by atoms with Crippen LogP contribution < -0.4 is 10.1 Å². The third kappa shape index (κ3) is 4.32. The molecule has 0 aliphatic rings. The minimum Gasteiger partial charge on any atom is -0.491 e. The topological polar surface area (TPSA) is 34.1 Å². The summed E-state index contributed by atoms with van der Waals surface area (Å²) in [5, 5.41) is 6.74. The van der Waals surface area contributed by atoms with E-state index < -0.39 is 0 Å². The molecular weight excluding hydrogens is 268 g/mol. The van der Waals surface area contributed by atoms with Gasteiger partial charge in [-0.05, 0) is 38.0 Å². The van der Waals surface area contributed by atoms with Gasteiger partial charge in [0.25, 0.3) is 0 Å². The third-order valence-electron chi connectivity index (χ3n) is 3.01. The summed E-state index contributed by atoms with van der Waals surface area (Å²) < 4.78 is 5.65. The molecule has 1 atom stereocenters. The van der Waals surface area contributed by atoms with E-state index in [1.54, 1.807) is 11.3 Å². The van der Waals surface area contributed by atoms with Crippen molar-refractivity contribution in [3.05, 3.63) is 46.4 Å². The van der Waals surface area contributed by atoms with Gasteiger partial charge in [0.15, 0.2) is 0 Å². The number of nitrogens with zero attached hydrogens (tertiary/aromatic N) is 1. The van der Waals surface area contributed by atoms with Gasteiger partial charge in [-0.3, -0.25) is 0 Å². The summed E-state index contributed by atoms with van der Waals surface area (Å²) in [6.07, 6.45) is 3.12. The van der Waals surface area contributed by atoms with Crippen molar-refractivity contribution >= 4 is 11.3 Å². The second-order valence-corrected chi connectivity index (χ2v) is 5.95. The smallest absolute Gasteiger partial charge is 0.119 e. The van der Waals surface area contributed by atoms with Crippen LogP contribution in [0, 0.1) is 0 Å². The number of aromatic nitrogens is 1. The minimum absolute atomic E-state index is 0.216. The maximum Gasteiger partial charge on any atom is 0.119 e. The fourth-order valence-electron chi connectivity index (χ4n) is 2.01. The number of hydrogen-bond acceptors (Lipinski definition) is 4. The van der Waals surface area contributed by atoms with Gasteiger partial charge < -0.3 is 10.1 Å². The Morgan fingerprint density at radius 2 is 2.00 bits per heavy atom. The highest BCUT2D eigenvalue weighted by Gasteiger charge is 2.10. The van der Waals surface area contributed by atoms with E-state index in [1.807, 2.05) is 37.6 Å². The van der Waals surface area contributed by atoms with Crippen LogP contribution in [0.1, 0.15) is 43.8 Å². The molecule has 0 radical (unpaired) electrons. The first kappa shape index (κ1) is 15.0. The van der Waals surface area contributed by atoms with E-state index in [1.165, 1.54) is 5.56 Å². The van der Waals surface area contributed by atoms with Crippen LogP contribution in [-0.2, 0) is 6.54 Å². The number of benzene rings is 1. The molecule has 3 nitrogen and oxygen atoms in total. The van der Waals surface area contributed by atoms with Gasteiger partial charge in [0.2, 0.25) is 0 Å². The summed E-state index contributed by atoms with van der Waals surface area (Å²) >= 11 is 1.71. The first-order valence-corrected chi connectivity index (χ1v) is 7.95. The lowest BCUT2D eigenvalue weighted by Crippen LogP contribution is -2.20. The van der Waals surface area contributed by atoms with Crippen LogP contribution in [0.25, 0.3) is 0 Å². The molecule has 0 fully saturated rings. The van der Waals surface area contributed by atoms with Crippen molar-refractivity contribution in [1.82, 2.24) is 10.3 Å². The van der Waals surface area contributed by atoms with Crippen molar-refractivity contribution in [1.29, 1.82) is 0 Å². The molecule has 1 aromatic heterocycles. The molecule has 0 aliphatic carbocycles. The summed E-state index contributed by atoms with van der Waals surface area (Å²) in [5.74, 6) is 0.927. The fraction of sp³-hybridized carbons (Fsp3) is 0.438. The van der Waals surface area contributed by atoms with E-state index in [9.17, 15) is 0 Å². The van der Waals surface area contributed by atoms with Crippen LogP contribution in [0.2, 0.25) is 0 Å². The number of hydrogen-bond donors (Lipinski definition) is 1. The third-order valence-corrected chi connectivity index (χ3v) is 3.89. The summed E-state index contributed by atoms with van der Waals surface area (Å²) in [6.45, 7) is 7.10. The first-order valence-electron chi connectivity index (χ1n) is 7.07. The summed E-state index contributed by atoms with van der Waals surface area (Å²) in [6, 6.07) is 8.61. The normalized spacial score (nSPS) is 12.6. The monoisotopic (exact) mass is 290 g/mol. The van der Waals surface area contributed by atoms with Crippen molar-refractivity contribution in [2.24, 2.45) is 0 Å². The largest absolute Gasteiger partial charge is 0.491 e. The fourth-order valence-corrected chi connectivity index (χ4v) is 2.81. The average Bonchev–Trinajstić information content (AvgIpc) is 2.95. The Labute approximate surface area is 125 Å². The number of nitrogens with one attached hydrogen (secondary N) is 1. The van der Waals surface area contributed by atoms with Crippen LogP contribution >= 0.6 is 11.3 Å². The molecule has 0 aliphatic heterocycles. The average molecular weight is 290 g/mol. The van der Waals surface area contributed by atoms with E-state index in [0.717, 1.165) is 23.7 Å². The van der Waals surface area contributed by atoms with Crippen molar-refractivity contribution in [3.63, 3.8) is 0 Å². The number of thiazole rings is 1. The van der Waals surface area contributed by atoms with Crippen LogP contribution in [0.4, 0.5) is 0 Å². The maximum atomic E-state index is 5.65. The Bertz CT molecular complexity index is 494. The lowest BCUT2D eigenvalue weighted by atomic mass is 10.2. The Morgan fingerprint density at radius 1 is 1.25 bits per heavy atom. The van der Waals surface area contributed by atoms with Crippen LogP contribution in [0.3, 0.4) is 0 Å². The van der Waals surface area contributed by atoms with Gasteiger partial charge in [0, 0.05) is 18.1 Å². The highest BCUT2D eigenvalue weighted by Crippen LogP contribution is 2.20. The van der Waals surface area contributed by atoms with Gasteiger partial charge in [0.1, 0.15) is 10.8 Å². The standard InChI is InChI=1S/C16H22N2OS/c1-4-15(16-17-9-10-20-16)18-11-13-5-7-14(8-6-13)19-12(2)3/h5-10,12,15,18H,4,11H2,1-3H3. The molecule has 0 bridgehead atoms. The molecule has 1 N–H and O–H groups in total. The van der Waals surface area contributed by atoms with Crippen LogP contribution in [0.5, 0.6) is 5.75 Å². The Balaban J connectivity index is 1.90. The molecule has 0 saturated carbocycles. The van der Waals surface area contributed by atoms with Gasteiger partial charge in [-0.1, -0.05) is 19.1 Å².